The van der Waals surface area contributed by atoms with Crippen molar-refractivity contribution in [2.24, 2.45) is 0 Å². The minimum absolute atomic E-state index is 0.0622. The van der Waals surface area contributed by atoms with Crippen LogP contribution in [-0.4, -0.2) is 42.4 Å². The van der Waals surface area contributed by atoms with Crippen molar-refractivity contribution >= 4 is 11.7 Å². The Hall–Kier alpha value is -2.83. The van der Waals surface area contributed by atoms with Crippen LogP contribution in [0.5, 0.6) is 11.5 Å². The van der Waals surface area contributed by atoms with E-state index in [0.29, 0.717) is 24.7 Å². The van der Waals surface area contributed by atoms with Gasteiger partial charge in [-0.1, -0.05) is 0 Å². The van der Waals surface area contributed by atoms with Crippen molar-refractivity contribution in [3.63, 3.8) is 0 Å². The number of ether oxygens (including phenoxy) is 2. The zero-order valence-electron chi connectivity index (χ0n) is 14.1. The molecule has 1 heterocycles. The normalized spacial score (nSPS) is 10.3. The molecule has 0 radical (unpaired) electrons. The fraction of sp³-hybridized carbons (Fsp3) is 0.353. The molecule has 0 aliphatic heterocycles. The molecular weight excluding hydrogens is 308 g/mol. The molecule has 0 saturated carbocycles. The minimum Gasteiger partial charge on any atom is -0.497 e. The molecule has 2 N–H and O–H groups in total. The van der Waals surface area contributed by atoms with Gasteiger partial charge in [0.2, 0.25) is 0 Å². The lowest BCUT2D eigenvalue weighted by molar-refractivity contribution is 0.0937. The number of aromatic nitrogens is 2. The maximum atomic E-state index is 11.8. The lowest BCUT2D eigenvalue weighted by Crippen LogP contribution is -2.31. The van der Waals surface area contributed by atoms with Crippen LogP contribution in [0.2, 0.25) is 0 Å². The highest BCUT2D eigenvalue weighted by atomic mass is 16.5. The van der Waals surface area contributed by atoms with Gasteiger partial charge in [-0.05, 0) is 50.2 Å². The molecule has 0 aliphatic rings. The Balaban J connectivity index is 1.75. The predicted molar refractivity (Wildman–Crippen MR) is 91.6 cm³/mol. The molecule has 0 atom stereocenters. The molecule has 0 bridgehead atoms. The molecule has 7 nitrogen and oxygen atoms in total. The van der Waals surface area contributed by atoms with E-state index in [1.165, 1.54) is 0 Å². The fourth-order valence-electron chi connectivity index (χ4n) is 1.90. The molecule has 0 aliphatic carbocycles. The molecule has 1 aromatic carbocycles. The second-order valence-corrected chi connectivity index (χ2v) is 5.38. The van der Waals surface area contributed by atoms with Crippen molar-refractivity contribution in [1.82, 2.24) is 15.5 Å². The van der Waals surface area contributed by atoms with E-state index in [1.54, 1.807) is 19.2 Å². The number of methoxy groups -OCH3 is 1. The number of rotatable bonds is 8. The highest BCUT2D eigenvalue weighted by molar-refractivity contribution is 5.92. The summed E-state index contributed by atoms with van der Waals surface area (Å²) in [4.78, 5) is 11.8. The molecule has 1 amide bonds. The van der Waals surface area contributed by atoms with Gasteiger partial charge in [0, 0.05) is 6.04 Å². The Morgan fingerprint density at radius 3 is 2.38 bits per heavy atom. The molecular formula is C17H22N4O3. The maximum absolute atomic E-state index is 11.8. The van der Waals surface area contributed by atoms with Gasteiger partial charge in [0.1, 0.15) is 23.9 Å². The summed E-state index contributed by atoms with van der Waals surface area (Å²) in [6, 6.07) is 10.8. The van der Waals surface area contributed by atoms with E-state index >= 15 is 0 Å². The molecule has 2 rings (SSSR count). The highest BCUT2D eigenvalue weighted by Crippen LogP contribution is 2.16. The van der Waals surface area contributed by atoms with Crippen LogP contribution in [0, 0.1) is 0 Å². The molecule has 0 fully saturated rings. The number of nitrogens with one attached hydrogen (secondary N) is 2. The summed E-state index contributed by atoms with van der Waals surface area (Å²) in [6.45, 7) is 4.83. The third-order valence-corrected chi connectivity index (χ3v) is 3.05. The van der Waals surface area contributed by atoms with Crippen molar-refractivity contribution in [2.45, 2.75) is 19.9 Å². The predicted octanol–water partition coefficient (Wildman–Crippen LogP) is 2.11. The Bertz CT molecular complexity index is 642. The van der Waals surface area contributed by atoms with Gasteiger partial charge in [0.15, 0.2) is 5.69 Å². The number of nitrogens with zero attached hydrogens (tertiary/aromatic N) is 2. The summed E-state index contributed by atoms with van der Waals surface area (Å²) < 4.78 is 10.7. The maximum Gasteiger partial charge on any atom is 0.271 e. The molecule has 0 unspecified atom stereocenters. The number of carbonyl (C=O) groups is 1. The minimum atomic E-state index is -0.230. The fourth-order valence-corrected chi connectivity index (χ4v) is 1.90. The third-order valence-electron chi connectivity index (χ3n) is 3.05. The van der Waals surface area contributed by atoms with Crippen LogP contribution in [0.4, 0.5) is 5.82 Å². The number of anilines is 1. The standard InChI is InChI=1S/C17H22N4O3/c1-12(2)19-17(22)15-8-9-16(21-20-15)18-10-11-24-14-6-4-13(23-3)5-7-14/h4-9,12H,10-11H2,1-3H3,(H,18,21)(H,19,22). The number of hydrogen-bond acceptors (Lipinski definition) is 6. The quantitative estimate of drug-likeness (QED) is 0.721. The van der Waals surface area contributed by atoms with E-state index in [0.717, 1.165) is 11.5 Å². The Morgan fingerprint density at radius 1 is 1.08 bits per heavy atom. The second kappa shape index (κ2) is 8.71. The van der Waals surface area contributed by atoms with Crippen LogP contribution in [0.1, 0.15) is 24.3 Å². The largest absolute Gasteiger partial charge is 0.497 e. The van der Waals surface area contributed by atoms with Crippen LogP contribution >= 0.6 is 0 Å². The van der Waals surface area contributed by atoms with Gasteiger partial charge < -0.3 is 20.1 Å². The van der Waals surface area contributed by atoms with Gasteiger partial charge in [-0.25, -0.2) is 0 Å². The van der Waals surface area contributed by atoms with Gasteiger partial charge in [-0.3, -0.25) is 4.79 Å². The van der Waals surface area contributed by atoms with Crippen molar-refractivity contribution in [1.29, 1.82) is 0 Å². The summed E-state index contributed by atoms with van der Waals surface area (Å²) in [7, 11) is 1.62. The molecule has 2 aromatic rings. The average Bonchev–Trinajstić information content (AvgIpc) is 2.59. The first-order valence-corrected chi connectivity index (χ1v) is 7.74. The highest BCUT2D eigenvalue weighted by Gasteiger charge is 2.08. The van der Waals surface area contributed by atoms with Crippen molar-refractivity contribution in [3.8, 4) is 11.5 Å². The molecule has 24 heavy (non-hydrogen) atoms. The summed E-state index contributed by atoms with van der Waals surface area (Å²) in [6.07, 6.45) is 0. The van der Waals surface area contributed by atoms with E-state index in [1.807, 2.05) is 38.1 Å². The first-order chi connectivity index (χ1) is 11.6. The summed E-state index contributed by atoms with van der Waals surface area (Å²) in [5.74, 6) is 1.92. The van der Waals surface area contributed by atoms with Crippen LogP contribution < -0.4 is 20.1 Å². The van der Waals surface area contributed by atoms with Gasteiger partial charge in [-0.15, -0.1) is 10.2 Å². The van der Waals surface area contributed by atoms with Crippen molar-refractivity contribution in [2.75, 3.05) is 25.6 Å². The molecule has 128 valence electrons. The Labute approximate surface area is 141 Å². The van der Waals surface area contributed by atoms with Gasteiger partial charge in [-0.2, -0.15) is 0 Å². The lowest BCUT2D eigenvalue weighted by Gasteiger charge is -2.09. The third kappa shape index (κ3) is 5.42. The molecule has 0 spiro atoms. The van der Waals surface area contributed by atoms with Gasteiger partial charge >= 0.3 is 0 Å². The Morgan fingerprint density at radius 2 is 1.79 bits per heavy atom. The summed E-state index contributed by atoms with van der Waals surface area (Å²) in [5, 5.41) is 13.7. The molecule has 7 heteroatoms. The number of amides is 1. The monoisotopic (exact) mass is 330 g/mol. The van der Waals surface area contributed by atoms with E-state index in [9.17, 15) is 4.79 Å². The zero-order valence-corrected chi connectivity index (χ0v) is 14.1. The second-order valence-electron chi connectivity index (χ2n) is 5.38. The lowest BCUT2D eigenvalue weighted by atomic mass is 10.3. The van der Waals surface area contributed by atoms with E-state index in [-0.39, 0.29) is 11.9 Å². The van der Waals surface area contributed by atoms with Gasteiger partial charge in [0.05, 0.1) is 13.7 Å². The topological polar surface area (TPSA) is 85.4 Å². The number of hydrogen-bond donors (Lipinski definition) is 2. The average molecular weight is 330 g/mol. The first-order valence-electron chi connectivity index (χ1n) is 7.74. The Kier molecular flexibility index (Phi) is 6.36. The van der Waals surface area contributed by atoms with Crippen LogP contribution in [0.15, 0.2) is 36.4 Å². The van der Waals surface area contributed by atoms with E-state index < -0.39 is 0 Å². The molecule has 1 aromatic heterocycles. The summed E-state index contributed by atoms with van der Waals surface area (Å²) in [5.41, 5.74) is 0.295. The van der Waals surface area contributed by atoms with Crippen molar-refractivity contribution in [3.05, 3.63) is 42.1 Å². The van der Waals surface area contributed by atoms with Crippen LogP contribution in [0.25, 0.3) is 0 Å². The summed E-state index contributed by atoms with van der Waals surface area (Å²) >= 11 is 0. The molecule has 0 saturated heterocycles. The first kappa shape index (κ1) is 17.5. The number of carbonyl (C=O) groups excluding carboxylic acids is 1. The SMILES string of the molecule is COc1ccc(OCCNc2ccc(C(=O)NC(C)C)nn2)cc1. The van der Waals surface area contributed by atoms with Crippen molar-refractivity contribution < 1.29 is 14.3 Å². The van der Waals surface area contributed by atoms with Crippen LogP contribution in [-0.2, 0) is 0 Å². The van der Waals surface area contributed by atoms with E-state index in [4.69, 9.17) is 9.47 Å². The zero-order chi connectivity index (χ0) is 17.4. The van der Waals surface area contributed by atoms with E-state index in [2.05, 4.69) is 20.8 Å². The van der Waals surface area contributed by atoms with Crippen LogP contribution in [0.3, 0.4) is 0 Å². The van der Waals surface area contributed by atoms with Gasteiger partial charge in [0.25, 0.3) is 5.91 Å². The smallest absolute Gasteiger partial charge is 0.271 e. The number of benzene rings is 1.